The number of rotatable bonds is 2. The normalized spacial score (nSPS) is 14.7. The van der Waals surface area contributed by atoms with E-state index in [0.29, 0.717) is 11.1 Å². The zero-order valence-corrected chi connectivity index (χ0v) is 14.5. The van der Waals surface area contributed by atoms with Crippen LogP contribution in [0.5, 0.6) is 0 Å². The summed E-state index contributed by atoms with van der Waals surface area (Å²) in [5.74, 6) is 0. The number of halogens is 6. The molecule has 3 rings (SSSR count). The highest BCUT2D eigenvalue weighted by atomic mass is 32.2. The summed E-state index contributed by atoms with van der Waals surface area (Å²) in [4.78, 5) is -3.81. The van der Waals surface area contributed by atoms with E-state index in [2.05, 4.69) is 0 Å². The van der Waals surface area contributed by atoms with Gasteiger partial charge in [-0.15, -0.1) is 0 Å². The third kappa shape index (κ3) is 2.81. The van der Waals surface area contributed by atoms with E-state index in [9.17, 15) is 43.2 Å². The zero-order valence-electron chi connectivity index (χ0n) is 12.9. The van der Waals surface area contributed by atoms with Crippen molar-refractivity contribution >= 4 is 19.7 Å². The van der Waals surface area contributed by atoms with Crippen LogP contribution in [0.4, 0.5) is 26.3 Å². The number of sulfone groups is 2. The topological polar surface area (TPSA) is 68.3 Å². The summed E-state index contributed by atoms with van der Waals surface area (Å²) < 4.78 is 126. The van der Waals surface area contributed by atoms with Gasteiger partial charge in [0.2, 0.25) is 0 Å². The highest BCUT2D eigenvalue weighted by Gasteiger charge is 2.55. The lowest BCUT2D eigenvalue weighted by molar-refractivity contribution is -0.0456. The molecule has 0 aromatic heterocycles. The Bertz CT molecular complexity index is 1150. The Morgan fingerprint density at radius 1 is 0.704 bits per heavy atom. The van der Waals surface area contributed by atoms with Gasteiger partial charge in [0.1, 0.15) is 0 Å². The van der Waals surface area contributed by atoms with E-state index < -0.39 is 52.5 Å². The van der Waals surface area contributed by atoms with Crippen LogP contribution in [-0.2, 0) is 26.1 Å². The molecule has 0 N–H and O–H groups in total. The Balaban J connectivity index is 2.46. The fourth-order valence-electron chi connectivity index (χ4n) is 2.91. The lowest BCUT2D eigenvalue weighted by Crippen LogP contribution is -2.30. The molecule has 12 heteroatoms. The van der Waals surface area contributed by atoms with Gasteiger partial charge < -0.3 is 0 Å². The van der Waals surface area contributed by atoms with E-state index >= 15 is 0 Å². The molecule has 0 amide bonds. The summed E-state index contributed by atoms with van der Waals surface area (Å²) in [6, 6.07) is 7.06. The van der Waals surface area contributed by atoms with Crippen molar-refractivity contribution in [3.63, 3.8) is 0 Å². The summed E-state index contributed by atoms with van der Waals surface area (Å²) in [5, 5.41) is 0. The van der Waals surface area contributed by atoms with E-state index in [-0.39, 0.29) is 11.6 Å². The highest BCUT2D eigenvalue weighted by Crippen LogP contribution is 2.47. The number of benzene rings is 2. The van der Waals surface area contributed by atoms with Crippen molar-refractivity contribution in [1.82, 2.24) is 0 Å². The quantitative estimate of drug-likeness (QED) is 0.580. The van der Waals surface area contributed by atoms with E-state index in [4.69, 9.17) is 0 Å². The molecule has 2 aromatic rings. The van der Waals surface area contributed by atoms with E-state index in [1.165, 1.54) is 24.3 Å². The maximum atomic E-state index is 13.1. The molecule has 0 unspecified atom stereocenters. The molecule has 0 radical (unpaired) electrons. The fourth-order valence-corrected chi connectivity index (χ4v) is 5.50. The van der Waals surface area contributed by atoms with Gasteiger partial charge in [-0.2, -0.15) is 26.3 Å². The van der Waals surface area contributed by atoms with Crippen LogP contribution in [0.2, 0.25) is 0 Å². The number of hydrogen-bond acceptors (Lipinski definition) is 4. The standard InChI is InChI=1S/C15H8F6O4S2/c16-14(17,18)26(22,23)12-6-5-10-9-4-2-1-3-8(9)7-11(10)13(12)27(24,25)15(19,20)21/h1-6H,7H2. The highest BCUT2D eigenvalue weighted by molar-refractivity contribution is 7.95. The maximum Gasteiger partial charge on any atom is 0.501 e. The van der Waals surface area contributed by atoms with Gasteiger partial charge >= 0.3 is 11.0 Å². The van der Waals surface area contributed by atoms with Crippen molar-refractivity contribution in [1.29, 1.82) is 0 Å². The molecule has 0 saturated heterocycles. The summed E-state index contributed by atoms with van der Waals surface area (Å²) in [7, 11) is -12.7. The van der Waals surface area contributed by atoms with Gasteiger partial charge in [-0.1, -0.05) is 30.3 Å². The predicted octanol–water partition coefficient (Wildman–Crippen LogP) is 3.84. The van der Waals surface area contributed by atoms with Crippen LogP contribution in [0.3, 0.4) is 0 Å². The van der Waals surface area contributed by atoms with Gasteiger partial charge in [0.05, 0.1) is 9.79 Å². The Morgan fingerprint density at radius 3 is 1.81 bits per heavy atom. The summed E-state index contributed by atoms with van der Waals surface area (Å²) in [6.07, 6.45) is -0.447. The van der Waals surface area contributed by atoms with Gasteiger partial charge in [0.25, 0.3) is 19.7 Å². The van der Waals surface area contributed by atoms with E-state index in [1.54, 1.807) is 0 Å². The molecule has 0 heterocycles. The molecule has 1 aliphatic rings. The molecule has 27 heavy (non-hydrogen) atoms. The van der Waals surface area contributed by atoms with E-state index in [0.717, 1.165) is 6.07 Å². The lowest BCUT2D eigenvalue weighted by atomic mass is 10.1. The minimum absolute atomic E-state index is 0.0606. The Morgan fingerprint density at radius 2 is 1.26 bits per heavy atom. The molecular weight excluding hydrogens is 422 g/mol. The van der Waals surface area contributed by atoms with Crippen LogP contribution < -0.4 is 0 Å². The average molecular weight is 430 g/mol. The average Bonchev–Trinajstić information content (AvgIpc) is 2.90. The van der Waals surface area contributed by atoms with Crippen molar-refractivity contribution in [2.75, 3.05) is 0 Å². The first-order valence-electron chi connectivity index (χ1n) is 7.06. The van der Waals surface area contributed by atoms with Crippen LogP contribution in [0.25, 0.3) is 11.1 Å². The summed E-state index contributed by atoms with van der Waals surface area (Å²) >= 11 is 0. The van der Waals surface area contributed by atoms with Crippen LogP contribution >= 0.6 is 0 Å². The molecule has 4 nitrogen and oxygen atoms in total. The molecule has 0 fully saturated rings. The SMILES string of the molecule is O=S(=O)(c1ccc2c(c1S(=O)(=O)C(F)(F)F)Cc1ccccc1-2)C(F)(F)F. The third-order valence-corrected chi connectivity index (χ3v) is 7.34. The molecule has 0 spiro atoms. The van der Waals surface area contributed by atoms with Crippen molar-refractivity contribution in [2.45, 2.75) is 27.2 Å². The molecule has 0 bridgehead atoms. The van der Waals surface area contributed by atoms with Gasteiger partial charge in [-0.3, -0.25) is 0 Å². The first-order chi connectivity index (χ1) is 12.2. The second-order valence-electron chi connectivity index (χ2n) is 5.65. The molecule has 0 atom stereocenters. The Hall–Kier alpha value is -2.08. The van der Waals surface area contributed by atoms with Crippen LogP contribution in [-0.4, -0.2) is 27.9 Å². The van der Waals surface area contributed by atoms with Crippen molar-refractivity contribution in [3.8, 4) is 11.1 Å². The van der Waals surface area contributed by atoms with Crippen LogP contribution in [0, 0.1) is 0 Å². The first-order valence-corrected chi connectivity index (χ1v) is 10.0. The monoisotopic (exact) mass is 430 g/mol. The van der Waals surface area contributed by atoms with Gasteiger partial charge in [0.15, 0.2) is 0 Å². The Kier molecular flexibility index (Phi) is 4.16. The second-order valence-corrected chi connectivity index (χ2v) is 9.44. The molecule has 1 aliphatic carbocycles. The fraction of sp³-hybridized carbons (Fsp3) is 0.200. The molecule has 0 saturated carbocycles. The minimum atomic E-state index is -6.37. The third-order valence-electron chi connectivity index (χ3n) is 4.07. The summed E-state index contributed by atoms with van der Waals surface area (Å²) in [6.45, 7) is 0. The summed E-state index contributed by atoms with van der Waals surface area (Å²) in [5.41, 5.74) is -11.9. The van der Waals surface area contributed by atoms with Gasteiger partial charge in [0, 0.05) is 6.42 Å². The molecule has 146 valence electrons. The Labute approximate surface area is 149 Å². The molecule has 0 aliphatic heterocycles. The van der Waals surface area contributed by atoms with Crippen molar-refractivity contribution < 1.29 is 43.2 Å². The zero-order chi connectivity index (χ0) is 20.4. The van der Waals surface area contributed by atoms with Crippen molar-refractivity contribution in [3.05, 3.63) is 47.5 Å². The maximum absolute atomic E-state index is 13.1. The molecule has 2 aromatic carbocycles. The van der Waals surface area contributed by atoms with Gasteiger partial charge in [-0.05, 0) is 28.3 Å². The van der Waals surface area contributed by atoms with E-state index in [1.807, 2.05) is 0 Å². The van der Waals surface area contributed by atoms with Crippen LogP contribution in [0.15, 0.2) is 46.2 Å². The minimum Gasteiger partial charge on any atom is -0.214 e. The van der Waals surface area contributed by atoms with Gasteiger partial charge in [-0.25, -0.2) is 16.8 Å². The second kappa shape index (κ2) is 5.71. The molecular formula is C15H8F6O4S2. The lowest BCUT2D eigenvalue weighted by Gasteiger charge is -2.18. The number of alkyl halides is 6. The van der Waals surface area contributed by atoms with Crippen molar-refractivity contribution in [2.24, 2.45) is 0 Å². The first kappa shape index (κ1) is 19.7. The largest absolute Gasteiger partial charge is 0.501 e. The van der Waals surface area contributed by atoms with Crippen LogP contribution in [0.1, 0.15) is 11.1 Å². The smallest absolute Gasteiger partial charge is 0.214 e. The number of fused-ring (bicyclic) bond motifs is 3. The number of hydrogen-bond donors (Lipinski definition) is 0. The predicted molar refractivity (Wildman–Crippen MR) is 81.2 cm³/mol.